The second-order valence-corrected chi connectivity index (χ2v) is 4.36. The summed E-state index contributed by atoms with van der Waals surface area (Å²) in [7, 11) is 0. The van der Waals surface area contributed by atoms with Gasteiger partial charge in [0.05, 0.1) is 5.69 Å². The van der Waals surface area contributed by atoms with Gasteiger partial charge in [0.15, 0.2) is 0 Å². The quantitative estimate of drug-likeness (QED) is 0.546. The van der Waals surface area contributed by atoms with E-state index in [0.29, 0.717) is 0 Å². The van der Waals surface area contributed by atoms with Crippen molar-refractivity contribution in [2.45, 2.75) is 33.6 Å². The molecule has 0 unspecified atom stereocenters. The van der Waals surface area contributed by atoms with E-state index in [4.69, 9.17) is 4.98 Å². The lowest BCUT2D eigenvalue weighted by atomic mass is 10.1. The van der Waals surface area contributed by atoms with Crippen molar-refractivity contribution >= 4 is 11.8 Å². The van der Waals surface area contributed by atoms with E-state index in [1.807, 2.05) is 38.3 Å². The second kappa shape index (κ2) is 7.47. The summed E-state index contributed by atoms with van der Waals surface area (Å²) in [5, 5.41) is 0. The summed E-state index contributed by atoms with van der Waals surface area (Å²) in [5.74, 6) is 0. The number of pyridine rings is 1. The summed E-state index contributed by atoms with van der Waals surface area (Å²) in [6.45, 7) is 13.6. The molecule has 0 aliphatic rings. The molecule has 0 radical (unpaired) electrons. The first kappa shape index (κ1) is 15.1. The van der Waals surface area contributed by atoms with Crippen LogP contribution in [-0.2, 0) is 12.8 Å². The van der Waals surface area contributed by atoms with Gasteiger partial charge in [0, 0.05) is 24.0 Å². The number of aliphatic imine (C=N–C) groups is 1. The van der Waals surface area contributed by atoms with E-state index in [0.717, 1.165) is 35.5 Å². The number of hydrogen-bond donors (Lipinski definition) is 0. The highest BCUT2D eigenvalue weighted by molar-refractivity contribution is 5.71. The lowest BCUT2D eigenvalue weighted by Gasteiger charge is -2.08. The Labute approximate surface area is 116 Å². The van der Waals surface area contributed by atoms with Crippen LogP contribution >= 0.6 is 0 Å². The summed E-state index contributed by atoms with van der Waals surface area (Å²) in [6, 6.07) is 4.17. The Balaban J connectivity index is 3.03. The minimum Gasteiger partial charge on any atom is -0.266 e. The molecule has 0 bridgehead atoms. The predicted octanol–water partition coefficient (Wildman–Crippen LogP) is 4.38. The van der Waals surface area contributed by atoms with Crippen LogP contribution in [-0.4, -0.2) is 11.2 Å². The van der Waals surface area contributed by atoms with Crippen molar-refractivity contribution in [1.82, 2.24) is 4.98 Å². The van der Waals surface area contributed by atoms with E-state index in [-0.39, 0.29) is 0 Å². The van der Waals surface area contributed by atoms with Crippen LogP contribution in [0.2, 0.25) is 0 Å². The Morgan fingerprint density at radius 2 is 2.16 bits per heavy atom. The fourth-order valence-electron chi connectivity index (χ4n) is 1.85. The van der Waals surface area contributed by atoms with Gasteiger partial charge >= 0.3 is 0 Å². The first-order chi connectivity index (χ1) is 9.12. The van der Waals surface area contributed by atoms with Gasteiger partial charge in [-0.25, -0.2) is 0 Å². The maximum atomic E-state index is 4.71. The molecular weight excluding hydrogens is 232 g/mol. The van der Waals surface area contributed by atoms with Crippen molar-refractivity contribution in [3.8, 4) is 0 Å². The predicted molar refractivity (Wildman–Crippen MR) is 84.5 cm³/mol. The monoisotopic (exact) mass is 254 g/mol. The summed E-state index contributed by atoms with van der Waals surface area (Å²) in [6.07, 6.45) is 7.46. The third kappa shape index (κ3) is 4.32. The number of aromatic nitrogens is 1. The van der Waals surface area contributed by atoms with Crippen LogP contribution in [0, 0.1) is 0 Å². The summed E-state index contributed by atoms with van der Waals surface area (Å²) in [5.41, 5.74) is 5.21. The Hall–Kier alpha value is -1.96. The van der Waals surface area contributed by atoms with Crippen molar-refractivity contribution in [2.24, 2.45) is 4.99 Å². The molecular formula is C17H22N2. The normalized spacial score (nSPS) is 11.8. The molecule has 1 rings (SSSR count). The fraction of sp³-hybridized carbons (Fsp3) is 0.294. The molecule has 0 saturated heterocycles. The third-order valence-electron chi connectivity index (χ3n) is 2.85. The zero-order valence-corrected chi connectivity index (χ0v) is 12.1. The average molecular weight is 254 g/mol. The van der Waals surface area contributed by atoms with Gasteiger partial charge in [0.2, 0.25) is 0 Å². The van der Waals surface area contributed by atoms with Crippen LogP contribution in [0.3, 0.4) is 0 Å². The Bertz CT molecular complexity index is 522. The molecule has 19 heavy (non-hydrogen) atoms. The number of aryl methyl sites for hydroxylation is 1. The summed E-state index contributed by atoms with van der Waals surface area (Å²) < 4.78 is 0. The van der Waals surface area contributed by atoms with Gasteiger partial charge in [0.25, 0.3) is 0 Å². The first-order valence-electron chi connectivity index (χ1n) is 6.58. The largest absolute Gasteiger partial charge is 0.266 e. The molecule has 1 heterocycles. The number of allylic oxidation sites excluding steroid dienone is 4. The highest BCUT2D eigenvalue weighted by Gasteiger charge is 2.05. The molecule has 0 atom stereocenters. The van der Waals surface area contributed by atoms with E-state index in [9.17, 15) is 0 Å². The van der Waals surface area contributed by atoms with E-state index in [1.54, 1.807) is 0 Å². The van der Waals surface area contributed by atoms with Gasteiger partial charge in [-0.3, -0.25) is 9.98 Å². The molecule has 0 aliphatic heterocycles. The molecule has 0 saturated carbocycles. The molecule has 0 fully saturated rings. The fourth-order valence-corrected chi connectivity index (χ4v) is 1.85. The van der Waals surface area contributed by atoms with Crippen molar-refractivity contribution in [3.63, 3.8) is 0 Å². The van der Waals surface area contributed by atoms with Gasteiger partial charge in [-0.15, -0.1) is 0 Å². The minimum absolute atomic E-state index is 0.794. The third-order valence-corrected chi connectivity index (χ3v) is 2.85. The van der Waals surface area contributed by atoms with Gasteiger partial charge in [-0.2, -0.15) is 0 Å². The van der Waals surface area contributed by atoms with Gasteiger partial charge < -0.3 is 0 Å². The molecule has 100 valence electrons. The number of rotatable bonds is 6. The molecule has 0 aromatic carbocycles. The van der Waals surface area contributed by atoms with Crippen LogP contribution in [0.1, 0.15) is 37.7 Å². The smallest absolute Gasteiger partial charge is 0.0701 e. The average Bonchev–Trinajstić information content (AvgIpc) is 2.40. The van der Waals surface area contributed by atoms with Crippen LogP contribution in [0.4, 0.5) is 0 Å². The maximum Gasteiger partial charge on any atom is 0.0701 e. The first-order valence-corrected chi connectivity index (χ1v) is 6.58. The number of hydrogen-bond acceptors (Lipinski definition) is 2. The molecule has 2 nitrogen and oxygen atoms in total. The van der Waals surface area contributed by atoms with Crippen LogP contribution in [0.25, 0.3) is 5.57 Å². The van der Waals surface area contributed by atoms with Gasteiger partial charge in [-0.1, -0.05) is 38.3 Å². The highest BCUT2D eigenvalue weighted by atomic mass is 14.7. The summed E-state index contributed by atoms with van der Waals surface area (Å²) >= 11 is 0. The van der Waals surface area contributed by atoms with Crippen molar-refractivity contribution < 1.29 is 0 Å². The Kier molecular flexibility index (Phi) is 5.94. The molecule has 0 N–H and O–H groups in total. The van der Waals surface area contributed by atoms with Gasteiger partial charge in [0.1, 0.15) is 0 Å². The lowest BCUT2D eigenvalue weighted by Crippen LogP contribution is -2.00. The molecule has 0 spiro atoms. The van der Waals surface area contributed by atoms with Crippen molar-refractivity contribution in [3.05, 3.63) is 60.1 Å². The molecule has 1 aromatic rings. The van der Waals surface area contributed by atoms with Crippen LogP contribution < -0.4 is 0 Å². The molecule has 1 aromatic heterocycles. The lowest BCUT2D eigenvalue weighted by molar-refractivity contribution is 0.988. The van der Waals surface area contributed by atoms with Crippen LogP contribution in [0.15, 0.2) is 48.1 Å². The second-order valence-electron chi connectivity index (χ2n) is 4.36. The van der Waals surface area contributed by atoms with Gasteiger partial charge in [-0.05, 0) is 37.5 Å². The summed E-state index contributed by atoms with van der Waals surface area (Å²) in [4.78, 5) is 8.92. The zero-order chi connectivity index (χ0) is 14.3. The molecule has 2 heteroatoms. The van der Waals surface area contributed by atoms with Crippen molar-refractivity contribution in [2.75, 3.05) is 0 Å². The SMILES string of the molecule is C=C/C(=C\C)c1ccc(CC=NC(=C)C)c(CC)n1. The maximum absolute atomic E-state index is 4.71. The highest BCUT2D eigenvalue weighted by Crippen LogP contribution is 2.16. The van der Waals surface area contributed by atoms with E-state index < -0.39 is 0 Å². The molecule has 0 amide bonds. The Morgan fingerprint density at radius 3 is 2.68 bits per heavy atom. The zero-order valence-electron chi connectivity index (χ0n) is 12.1. The number of nitrogens with zero attached hydrogens (tertiary/aromatic N) is 2. The van der Waals surface area contributed by atoms with Crippen molar-refractivity contribution in [1.29, 1.82) is 0 Å². The Morgan fingerprint density at radius 1 is 1.42 bits per heavy atom. The van der Waals surface area contributed by atoms with E-state index >= 15 is 0 Å². The minimum atomic E-state index is 0.794. The topological polar surface area (TPSA) is 25.2 Å². The van der Waals surface area contributed by atoms with Crippen LogP contribution in [0.5, 0.6) is 0 Å². The van der Waals surface area contributed by atoms with E-state index in [2.05, 4.69) is 31.1 Å². The standard InChI is InChI=1S/C17H22N2/c1-6-14(7-2)17-10-9-15(16(8-3)19-17)11-12-18-13(4)5/h6-7,9-10,12H,1,4,8,11H2,2-3,5H3/b14-7+,18-12?. The van der Waals surface area contributed by atoms with E-state index in [1.165, 1.54) is 5.56 Å². The molecule has 0 aliphatic carbocycles.